The number of amides is 3. The van der Waals surface area contributed by atoms with Crippen molar-refractivity contribution >= 4 is 17.7 Å². The first-order valence-corrected chi connectivity index (χ1v) is 5.84. The Hall–Kier alpha value is -2.11. The maximum absolute atomic E-state index is 12.3. The average molecular weight is 249 g/mol. The van der Waals surface area contributed by atoms with E-state index in [1.54, 1.807) is 29.8 Å². The molecule has 1 saturated heterocycles. The lowest BCUT2D eigenvalue weighted by molar-refractivity contribution is -0.138. The molecule has 6 heteroatoms. The molecule has 1 fully saturated rings. The van der Waals surface area contributed by atoms with Crippen LogP contribution in [-0.4, -0.2) is 39.8 Å². The number of hydrogen-bond acceptors (Lipinski definition) is 3. The summed E-state index contributed by atoms with van der Waals surface area (Å²) < 4.78 is 1.78. The van der Waals surface area contributed by atoms with Gasteiger partial charge >= 0.3 is 0 Å². The molecule has 6 nitrogen and oxygen atoms in total. The SMILES string of the molecule is CCn1cccc1C(=O)N1CC(=O)NC(=O)C1C. The number of imide groups is 1. The fourth-order valence-electron chi connectivity index (χ4n) is 1.99. The third-order valence-electron chi connectivity index (χ3n) is 3.07. The van der Waals surface area contributed by atoms with E-state index in [1.165, 1.54) is 4.90 Å². The standard InChI is InChI=1S/C12H15N3O3/c1-3-14-6-4-5-9(14)12(18)15-7-10(16)13-11(17)8(15)2/h4-6,8H,3,7H2,1-2H3,(H,13,16,17). The highest BCUT2D eigenvalue weighted by Crippen LogP contribution is 2.12. The van der Waals surface area contributed by atoms with Crippen LogP contribution in [0.25, 0.3) is 0 Å². The second-order valence-electron chi connectivity index (χ2n) is 4.20. The molecule has 0 saturated carbocycles. The summed E-state index contributed by atoms with van der Waals surface area (Å²) in [6.07, 6.45) is 1.80. The average Bonchev–Trinajstić information content (AvgIpc) is 2.81. The van der Waals surface area contributed by atoms with Crippen molar-refractivity contribution in [1.82, 2.24) is 14.8 Å². The summed E-state index contributed by atoms with van der Waals surface area (Å²) in [5.74, 6) is -1.17. The number of piperazine rings is 1. The number of aryl methyl sites for hydroxylation is 1. The van der Waals surface area contributed by atoms with Gasteiger partial charge in [0.25, 0.3) is 5.91 Å². The van der Waals surface area contributed by atoms with Crippen molar-refractivity contribution in [3.05, 3.63) is 24.0 Å². The van der Waals surface area contributed by atoms with Crippen molar-refractivity contribution in [1.29, 1.82) is 0 Å². The number of carbonyl (C=O) groups is 3. The maximum atomic E-state index is 12.3. The number of nitrogens with one attached hydrogen (secondary N) is 1. The van der Waals surface area contributed by atoms with Crippen LogP contribution in [0.4, 0.5) is 0 Å². The molecule has 3 amide bonds. The van der Waals surface area contributed by atoms with Crippen LogP contribution in [0.15, 0.2) is 18.3 Å². The number of hydrogen-bond donors (Lipinski definition) is 1. The largest absolute Gasteiger partial charge is 0.344 e. The van der Waals surface area contributed by atoms with Crippen LogP contribution in [0, 0.1) is 0 Å². The van der Waals surface area contributed by atoms with Gasteiger partial charge in [0.2, 0.25) is 11.8 Å². The first-order chi connectivity index (χ1) is 8.54. The molecule has 2 rings (SSSR count). The predicted octanol–water partition coefficient (Wildman–Crippen LogP) is -0.00490. The number of rotatable bonds is 2. The van der Waals surface area contributed by atoms with Gasteiger partial charge in [-0.05, 0) is 26.0 Å². The zero-order valence-corrected chi connectivity index (χ0v) is 10.3. The normalized spacial score (nSPS) is 19.9. The summed E-state index contributed by atoms with van der Waals surface area (Å²) in [5, 5.41) is 2.21. The highest BCUT2D eigenvalue weighted by molar-refractivity contribution is 6.06. The molecule has 2 heterocycles. The van der Waals surface area contributed by atoms with E-state index in [2.05, 4.69) is 5.32 Å². The van der Waals surface area contributed by atoms with Crippen molar-refractivity contribution < 1.29 is 14.4 Å². The van der Waals surface area contributed by atoms with Crippen LogP contribution in [0.5, 0.6) is 0 Å². The zero-order valence-electron chi connectivity index (χ0n) is 10.3. The lowest BCUT2D eigenvalue weighted by Crippen LogP contribution is -2.58. The smallest absolute Gasteiger partial charge is 0.271 e. The molecule has 96 valence electrons. The molecule has 1 N–H and O–H groups in total. The van der Waals surface area contributed by atoms with E-state index in [0.717, 1.165) is 0 Å². The summed E-state index contributed by atoms with van der Waals surface area (Å²) in [7, 11) is 0. The van der Waals surface area contributed by atoms with Crippen LogP contribution in [-0.2, 0) is 16.1 Å². The lowest BCUT2D eigenvalue weighted by atomic mass is 10.2. The van der Waals surface area contributed by atoms with Crippen molar-refractivity contribution in [3.63, 3.8) is 0 Å². The quantitative estimate of drug-likeness (QED) is 0.750. The van der Waals surface area contributed by atoms with E-state index in [4.69, 9.17) is 0 Å². The van der Waals surface area contributed by atoms with Gasteiger partial charge in [-0.15, -0.1) is 0 Å². The van der Waals surface area contributed by atoms with Gasteiger partial charge in [0.1, 0.15) is 18.3 Å². The third-order valence-corrected chi connectivity index (χ3v) is 3.07. The summed E-state index contributed by atoms with van der Waals surface area (Å²) in [5.41, 5.74) is 0.492. The second kappa shape index (κ2) is 4.64. The third kappa shape index (κ3) is 2.01. The van der Waals surface area contributed by atoms with E-state index < -0.39 is 17.9 Å². The number of carbonyl (C=O) groups excluding carboxylic acids is 3. The Bertz CT molecular complexity index is 506. The second-order valence-corrected chi connectivity index (χ2v) is 4.20. The Morgan fingerprint density at radius 3 is 2.89 bits per heavy atom. The van der Waals surface area contributed by atoms with E-state index in [9.17, 15) is 14.4 Å². The summed E-state index contributed by atoms with van der Waals surface area (Å²) in [6.45, 7) is 4.12. The van der Waals surface area contributed by atoms with Crippen LogP contribution in [0.2, 0.25) is 0 Å². The molecule has 18 heavy (non-hydrogen) atoms. The minimum Gasteiger partial charge on any atom is -0.344 e. The van der Waals surface area contributed by atoms with Crippen LogP contribution in [0.1, 0.15) is 24.3 Å². The van der Waals surface area contributed by atoms with Crippen LogP contribution in [0.3, 0.4) is 0 Å². The summed E-state index contributed by atoms with van der Waals surface area (Å²) >= 11 is 0. The van der Waals surface area contributed by atoms with E-state index in [0.29, 0.717) is 12.2 Å². The van der Waals surface area contributed by atoms with Crippen LogP contribution < -0.4 is 5.32 Å². The van der Waals surface area contributed by atoms with Crippen LogP contribution >= 0.6 is 0 Å². The van der Waals surface area contributed by atoms with Crippen molar-refractivity contribution in [2.75, 3.05) is 6.54 Å². The molecule has 1 unspecified atom stereocenters. The van der Waals surface area contributed by atoms with E-state index >= 15 is 0 Å². The molecule has 0 aliphatic carbocycles. The predicted molar refractivity (Wildman–Crippen MR) is 63.8 cm³/mol. The molecule has 0 spiro atoms. The summed E-state index contributed by atoms with van der Waals surface area (Å²) in [6, 6.07) is 2.83. The molecule has 0 bridgehead atoms. The van der Waals surface area contributed by atoms with E-state index in [-0.39, 0.29) is 12.5 Å². The first kappa shape index (κ1) is 12.3. The molecular weight excluding hydrogens is 234 g/mol. The van der Waals surface area contributed by atoms with Gasteiger partial charge in [0.15, 0.2) is 0 Å². The van der Waals surface area contributed by atoms with Crippen molar-refractivity contribution in [2.45, 2.75) is 26.4 Å². The highest BCUT2D eigenvalue weighted by atomic mass is 16.2. The Kier molecular flexibility index (Phi) is 3.18. The molecule has 0 radical (unpaired) electrons. The van der Waals surface area contributed by atoms with Gasteiger partial charge in [-0.25, -0.2) is 0 Å². The Morgan fingerprint density at radius 1 is 1.50 bits per heavy atom. The first-order valence-electron chi connectivity index (χ1n) is 5.84. The topological polar surface area (TPSA) is 71.4 Å². The molecular formula is C12H15N3O3. The molecule has 1 atom stereocenters. The fourth-order valence-corrected chi connectivity index (χ4v) is 1.99. The fraction of sp³-hybridized carbons (Fsp3) is 0.417. The molecule has 1 aromatic heterocycles. The zero-order chi connectivity index (χ0) is 13.3. The Balaban J connectivity index is 2.27. The van der Waals surface area contributed by atoms with Crippen molar-refractivity contribution in [3.8, 4) is 0 Å². The number of nitrogens with zero attached hydrogens (tertiary/aromatic N) is 2. The van der Waals surface area contributed by atoms with E-state index in [1.807, 2.05) is 6.92 Å². The van der Waals surface area contributed by atoms with Gasteiger partial charge in [-0.3, -0.25) is 19.7 Å². The molecule has 1 aliphatic heterocycles. The minimum absolute atomic E-state index is 0.0827. The number of aromatic nitrogens is 1. The van der Waals surface area contributed by atoms with Gasteiger partial charge < -0.3 is 9.47 Å². The van der Waals surface area contributed by atoms with Crippen molar-refractivity contribution in [2.24, 2.45) is 0 Å². The Morgan fingerprint density at radius 2 is 2.22 bits per heavy atom. The van der Waals surface area contributed by atoms with Gasteiger partial charge in [0, 0.05) is 12.7 Å². The monoisotopic (exact) mass is 249 g/mol. The molecule has 1 aliphatic rings. The molecule has 1 aromatic rings. The van der Waals surface area contributed by atoms with Gasteiger partial charge in [-0.1, -0.05) is 0 Å². The maximum Gasteiger partial charge on any atom is 0.271 e. The lowest BCUT2D eigenvalue weighted by Gasteiger charge is -2.31. The van der Waals surface area contributed by atoms with Gasteiger partial charge in [-0.2, -0.15) is 0 Å². The summed E-state index contributed by atoms with van der Waals surface area (Å²) in [4.78, 5) is 36.4. The minimum atomic E-state index is -0.629. The molecule has 0 aromatic carbocycles. The van der Waals surface area contributed by atoms with Gasteiger partial charge in [0.05, 0.1) is 0 Å². The highest BCUT2D eigenvalue weighted by Gasteiger charge is 2.34. The Labute approximate surface area is 105 Å².